The van der Waals surface area contributed by atoms with Crippen LogP contribution in [-0.4, -0.2) is 24.3 Å². The summed E-state index contributed by atoms with van der Waals surface area (Å²) in [7, 11) is 0. The van der Waals surface area contributed by atoms with Crippen molar-refractivity contribution in [2.75, 3.05) is 11.4 Å². The quantitative estimate of drug-likeness (QED) is 0.789. The fourth-order valence-corrected chi connectivity index (χ4v) is 3.08. The van der Waals surface area contributed by atoms with E-state index in [0.717, 1.165) is 0 Å². The molecule has 1 saturated heterocycles. The maximum atomic E-state index is 12.3. The molecule has 3 rings (SSSR count). The molecule has 0 saturated carbocycles. The minimum atomic E-state index is -0.603. The summed E-state index contributed by atoms with van der Waals surface area (Å²) in [4.78, 5) is 38.0. The van der Waals surface area contributed by atoms with E-state index in [-0.39, 0.29) is 18.9 Å². The van der Waals surface area contributed by atoms with E-state index in [0.29, 0.717) is 21.3 Å². The van der Waals surface area contributed by atoms with Crippen molar-refractivity contribution < 1.29 is 14.4 Å². The van der Waals surface area contributed by atoms with Crippen molar-refractivity contribution in [1.82, 2.24) is 10.9 Å². The van der Waals surface area contributed by atoms with Crippen LogP contribution in [0.1, 0.15) is 16.8 Å². The number of benzene rings is 2. The van der Waals surface area contributed by atoms with Crippen LogP contribution >= 0.6 is 23.2 Å². The molecule has 6 nitrogen and oxygen atoms in total. The van der Waals surface area contributed by atoms with E-state index < -0.39 is 17.7 Å². The van der Waals surface area contributed by atoms with Crippen molar-refractivity contribution in [1.29, 1.82) is 0 Å². The average molecular weight is 392 g/mol. The van der Waals surface area contributed by atoms with Gasteiger partial charge in [0.25, 0.3) is 5.91 Å². The maximum Gasteiger partial charge on any atom is 0.269 e. The highest BCUT2D eigenvalue weighted by molar-refractivity contribution is 6.35. The van der Waals surface area contributed by atoms with Crippen molar-refractivity contribution in [3.8, 4) is 0 Å². The number of carbonyl (C=O) groups excluding carboxylic acids is 3. The molecule has 1 aliphatic rings. The fraction of sp³-hybridized carbons (Fsp3) is 0.167. The standard InChI is InChI=1S/C18H15Cl2N3O3/c19-13-6-7-14(20)15(9-13)23-10-12(8-16(23)24)18(26)22-21-17(25)11-4-2-1-3-5-11/h1-7,9,12H,8,10H2,(H,21,25)(H,22,26)/t12-/m0/s1. The zero-order valence-corrected chi connectivity index (χ0v) is 15.1. The van der Waals surface area contributed by atoms with Crippen molar-refractivity contribution in [3.05, 3.63) is 64.1 Å². The van der Waals surface area contributed by atoms with E-state index >= 15 is 0 Å². The molecule has 0 unspecified atom stereocenters. The van der Waals surface area contributed by atoms with Crippen LogP contribution in [0.15, 0.2) is 48.5 Å². The second-order valence-electron chi connectivity index (χ2n) is 5.81. The molecule has 1 heterocycles. The highest BCUT2D eigenvalue weighted by Crippen LogP contribution is 2.33. The molecule has 1 atom stereocenters. The van der Waals surface area contributed by atoms with Crippen LogP contribution in [0.5, 0.6) is 0 Å². The molecule has 1 fully saturated rings. The van der Waals surface area contributed by atoms with Gasteiger partial charge in [-0.1, -0.05) is 41.4 Å². The molecule has 0 bridgehead atoms. The first-order valence-corrected chi connectivity index (χ1v) is 8.62. The van der Waals surface area contributed by atoms with Crippen LogP contribution in [-0.2, 0) is 9.59 Å². The van der Waals surface area contributed by atoms with Gasteiger partial charge in [0.1, 0.15) is 0 Å². The summed E-state index contributed by atoms with van der Waals surface area (Å²) >= 11 is 12.1. The Hall–Kier alpha value is -2.57. The first kappa shape index (κ1) is 18.2. The summed E-state index contributed by atoms with van der Waals surface area (Å²) in [5, 5.41) is 0.821. The molecule has 134 valence electrons. The summed E-state index contributed by atoms with van der Waals surface area (Å²) in [6.45, 7) is 0.159. The van der Waals surface area contributed by atoms with Gasteiger partial charge in [-0.3, -0.25) is 25.2 Å². The number of hydrazine groups is 1. The van der Waals surface area contributed by atoms with Crippen molar-refractivity contribution in [2.24, 2.45) is 5.92 Å². The molecule has 8 heteroatoms. The fourth-order valence-electron chi connectivity index (χ4n) is 2.69. The van der Waals surface area contributed by atoms with Crippen molar-refractivity contribution >= 4 is 46.6 Å². The minimum absolute atomic E-state index is 0.0237. The topological polar surface area (TPSA) is 78.5 Å². The normalized spacial score (nSPS) is 16.5. The Morgan fingerprint density at radius 1 is 1.04 bits per heavy atom. The summed E-state index contributed by atoms with van der Waals surface area (Å²) in [5.74, 6) is -1.71. The summed E-state index contributed by atoms with van der Waals surface area (Å²) in [5.41, 5.74) is 5.60. The molecule has 0 aromatic heterocycles. The lowest BCUT2D eigenvalue weighted by atomic mass is 10.1. The number of rotatable bonds is 3. The Bertz CT molecular complexity index is 858. The van der Waals surface area contributed by atoms with Crippen LogP contribution in [0.3, 0.4) is 0 Å². The maximum absolute atomic E-state index is 12.3. The molecule has 2 aromatic carbocycles. The second-order valence-corrected chi connectivity index (χ2v) is 6.65. The molecule has 2 aromatic rings. The lowest BCUT2D eigenvalue weighted by Gasteiger charge is -2.18. The number of hydrogen-bond donors (Lipinski definition) is 2. The van der Waals surface area contributed by atoms with Crippen LogP contribution in [0, 0.1) is 5.92 Å². The zero-order valence-electron chi connectivity index (χ0n) is 13.5. The number of nitrogens with one attached hydrogen (secondary N) is 2. The third kappa shape index (κ3) is 3.98. The number of halogens is 2. The Balaban J connectivity index is 1.62. The Morgan fingerprint density at radius 3 is 2.50 bits per heavy atom. The van der Waals surface area contributed by atoms with E-state index in [4.69, 9.17) is 23.2 Å². The van der Waals surface area contributed by atoms with E-state index in [1.807, 2.05) is 0 Å². The SMILES string of the molecule is O=C(NNC(=O)[C@H]1CC(=O)N(c2cc(Cl)ccc2Cl)C1)c1ccccc1. The van der Waals surface area contributed by atoms with E-state index in [9.17, 15) is 14.4 Å². The third-order valence-corrected chi connectivity index (χ3v) is 4.58. The molecular weight excluding hydrogens is 377 g/mol. The van der Waals surface area contributed by atoms with Gasteiger partial charge in [0.2, 0.25) is 11.8 Å². The molecule has 0 radical (unpaired) electrons. The van der Waals surface area contributed by atoms with Crippen molar-refractivity contribution in [2.45, 2.75) is 6.42 Å². The number of anilines is 1. The van der Waals surface area contributed by atoms with Gasteiger partial charge in [-0.25, -0.2) is 0 Å². The Kier molecular flexibility index (Phi) is 5.44. The Morgan fingerprint density at radius 2 is 1.77 bits per heavy atom. The zero-order chi connectivity index (χ0) is 18.7. The lowest BCUT2D eigenvalue weighted by molar-refractivity contribution is -0.126. The van der Waals surface area contributed by atoms with Crippen LogP contribution < -0.4 is 15.8 Å². The predicted molar refractivity (Wildman–Crippen MR) is 99.0 cm³/mol. The molecule has 2 N–H and O–H groups in total. The number of amides is 3. The van der Waals surface area contributed by atoms with Gasteiger partial charge in [0.05, 0.1) is 16.6 Å². The molecule has 26 heavy (non-hydrogen) atoms. The summed E-state index contributed by atoms with van der Waals surface area (Å²) in [6.07, 6.45) is 0.0237. The van der Waals surface area contributed by atoms with Gasteiger partial charge in [-0.05, 0) is 30.3 Å². The van der Waals surface area contributed by atoms with E-state index in [1.54, 1.807) is 48.5 Å². The largest absolute Gasteiger partial charge is 0.310 e. The van der Waals surface area contributed by atoms with Gasteiger partial charge in [0, 0.05) is 23.6 Å². The van der Waals surface area contributed by atoms with Gasteiger partial charge in [0.15, 0.2) is 0 Å². The predicted octanol–water partition coefficient (Wildman–Crippen LogP) is 2.81. The smallest absolute Gasteiger partial charge is 0.269 e. The molecular formula is C18H15Cl2N3O3. The molecule has 0 aliphatic carbocycles. The summed E-state index contributed by atoms with van der Waals surface area (Å²) < 4.78 is 0. The van der Waals surface area contributed by atoms with E-state index in [2.05, 4.69) is 10.9 Å². The highest BCUT2D eigenvalue weighted by Gasteiger charge is 2.36. The Labute approximate surface area is 160 Å². The average Bonchev–Trinajstić information content (AvgIpc) is 3.03. The first-order chi connectivity index (χ1) is 12.5. The van der Waals surface area contributed by atoms with E-state index in [1.165, 1.54) is 4.90 Å². The number of nitrogens with zero attached hydrogens (tertiary/aromatic N) is 1. The van der Waals surface area contributed by atoms with Gasteiger partial charge in [-0.15, -0.1) is 0 Å². The van der Waals surface area contributed by atoms with Crippen molar-refractivity contribution in [3.63, 3.8) is 0 Å². The van der Waals surface area contributed by atoms with Crippen LogP contribution in [0.2, 0.25) is 10.0 Å². The van der Waals surface area contributed by atoms with Gasteiger partial charge < -0.3 is 4.90 Å². The summed E-state index contributed by atoms with van der Waals surface area (Å²) in [6, 6.07) is 13.3. The van der Waals surface area contributed by atoms with Gasteiger partial charge in [-0.2, -0.15) is 0 Å². The monoisotopic (exact) mass is 391 g/mol. The minimum Gasteiger partial charge on any atom is -0.310 e. The molecule has 1 aliphatic heterocycles. The van der Waals surface area contributed by atoms with Crippen LogP contribution in [0.25, 0.3) is 0 Å². The second kappa shape index (κ2) is 7.76. The van der Waals surface area contributed by atoms with Crippen LogP contribution in [0.4, 0.5) is 5.69 Å². The number of hydrogen-bond acceptors (Lipinski definition) is 3. The first-order valence-electron chi connectivity index (χ1n) is 7.86. The third-order valence-electron chi connectivity index (χ3n) is 4.03. The number of carbonyl (C=O) groups is 3. The molecule has 3 amide bonds. The molecule has 0 spiro atoms. The lowest BCUT2D eigenvalue weighted by Crippen LogP contribution is -2.45. The van der Waals surface area contributed by atoms with Gasteiger partial charge >= 0.3 is 0 Å². The highest BCUT2D eigenvalue weighted by atomic mass is 35.5.